The van der Waals surface area contributed by atoms with Crippen molar-refractivity contribution in [3.8, 4) is 0 Å². The Kier molecular flexibility index (Phi) is 4.23. The second-order valence-corrected chi connectivity index (χ2v) is 7.30. The second-order valence-electron chi connectivity index (χ2n) is 7.30. The van der Waals surface area contributed by atoms with Crippen molar-refractivity contribution in [1.29, 1.82) is 0 Å². The number of aromatic nitrogens is 4. The van der Waals surface area contributed by atoms with E-state index in [1.54, 1.807) is 15.9 Å². The van der Waals surface area contributed by atoms with E-state index < -0.39 is 0 Å². The molecule has 1 aliphatic carbocycles. The van der Waals surface area contributed by atoms with Crippen LogP contribution in [0.3, 0.4) is 0 Å². The minimum absolute atomic E-state index is 0.0854. The molecule has 2 aliphatic heterocycles. The quantitative estimate of drug-likeness (QED) is 0.782. The maximum absolute atomic E-state index is 12.2. The fourth-order valence-corrected chi connectivity index (χ4v) is 3.74. The number of hydrogen-bond donors (Lipinski definition) is 0. The molecule has 0 spiro atoms. The van der Waals surface area contributed by atoms with Gasteiger partial charge < -0.3 is 19.3 Å². The van der Waals surface area contributed by atoms with Crippen molar-refractivity contribution in [1.82, 2.24) is 24.6 Å². The van der Waals surface area contributed by atoms with Gasteiger partial charge in [-0.3, -0.25) is 9.67 Å². The van der Waals surface area contributed by atoms with Crippen LogP contribution in [-0.4, -0.2) is 76.2 Å². The number of fused-ring (bicyclic) bond motifs is 1. The molecule has 146 valence electrons. The molecule has 9 nitrogen and oxygen atoms in total. The Hall–Kier alpha value is -2.94. The average molecular weight is 382 g/mol. The van der Waals surface area contributed by atoms with Crippen LogP contribution in [0, 0.1) is 0 Å². The molecule has 2 aromatic rings. The third-order valence-electron chi connectivity index (χ3n) is 5.37. The van der Waals surface area contributed by atoms with Gasteiger partial charge in [0.1, 0.15) is 6.33 Å². The molecule has 0 radical (unpaired) electrons. The number of piperazine rings is 1. The first-order valence-electron chi connectivity index (χ1n) is 9.50. The summed E-state index contributed by atoms with van der Waals surface area (Å²) in [4.78, 5) is 25.2. The molecule has 2 saturated heterocycles. The van der Waals surface area contributed by atoms with Crippen LogP contribution < -0.4 is 4.90 Å². The Morgan fingerprint density at radius 2 is 2.04 bits per heavy atom. The molecule has 2 aromatic heterocycles. The van der Waals surface area contributed by atoms with Gasteiger partial charge in [0.05, 0.1) is 18.9 Å². The standard InChI is InChI=1S/C19H22N6O3/c1-23-12-21-18(22-23)13-8-15-16(9-13)20-3-2-17(15)24-4-6-25(7-5-24)19(26)28-14-10-27-11-14/h2-3,8,12,14H,4-7,9-11H2,1H3. The molecule has 0 N–H and O–H groups in total. The van der Waals surface area contributed by atoms with Crippen LogP contribution in [0.2, 0.25) is 0 Å². The Bertz CT molecular complexity index is 928. The number of nitrogens with zero attached hydrogens (tertiary/aromatic N) is 6. The number of pyridine rings is 1. The van der Waals surface area contributed by atoms with Crippen LogP contribution >= 0.6 is 0 Å². The fraction of sp³-hybridized carbons (Fsp3) is 0.474. The molecule has 0 aromatic carbocycles. The lowest BCUT2D eigenvalue weighted by molar-refractivity contribution is -0.104. The third-order valence-corrected chi connectivity index (χ3v) is 5.37. The van der Waals surface area contributed by atoms with E-state index >= 15 is 0 Å². The maximum atomic E-state index is 12.2. The lowest BCUT2D eigenvalue weighted by atomic mass is 10.1. The number of anilines is 1. The van der Waals surface area contributed by atoms with Gasteiger partial charge in [-0.15, -0.1) is 0 Å². The van der Waals surface area contributed by atoms with Gasteiger partial charge >= 0.3 is 6.09 Å². The summed E-state index contributed by atoms with van der Waals surface area (Å²) in [5, 5.41) is 4.41. The highest BCUT2D eigenvalue weighted by Crippen LogP contribution is 2.35. The molecule has 2 fully saturated rings. The first kappa shape index (κ1) is 17.2. The van der Waals surface area contributed by atoms with Crippen molar-refractivity contribution in [3.05, 3.63) is 35.7 Å². The summed E-state index contributed by atoms with van der Waals surface area (Å²) in [6.07, 6.45) is 6.12. The zero-order valence-corrected chi connectivity index (χ0v) is 15.7. The molecule has 4 heterocycles. The Balaban J connectivity index is 1.29. The van der Waals surface area contributed by atoms with Crippen LogP contribution in [-0.2, 0) is 22.9 Å². The van der Waals surface area contributed by atoms with E-state index in [0.717, 1.165) is 47.9 Å². The van der Waals surface area contributed by atoms with Gasteiger partial charge in [-0.1, -0.05) is 0 Å². The highest BCUT2D eigenvalue weighted by Gasteiger charge is 2.29. The van der Waals surface area contributed by atoms with Crippen molar-refractivity contribution >= 4 is 23.4 Å². The Morgan fingerprint density at radius 3 is 2.71 bits per heavy atom. The first-order valence-corrected chi connectivity index (χ1v) is 9.50. The second kappa shape index (κ2) is 6.90. The van der Waals surface area contributed by atoms with Gasteiger partial charge in [-0.25, -0.2) is 9.78 Å². The predicted molar refractivity (Wildman–Crippen MR) is 102 cm³/mol. The number of hydrogen-bond acceptors (Lipinski definition) is 7. The molecule has 0 atom stereocenters. The first-order chi connectivity index (χ1) is 13.7. The van der Waals surface area contributed by atoms with Crippen LogP contribution in [0.5, 0.6) is 0 Å². The van der Waals surface area contributed by atoms with Gasteiger partial charge in [-0.2, -0.15) is 5.10 Å². The largest absolute Gasteiger partial charge is 0.441 e. The number of carbonyl (C=O) groups excluding carboxylic acids is 1. The fourth-order valence-electron chi connectivity index (χ4n) is 3.74. The summed E-state index contributed by atoms with van der Waals surface area (Å²) in [7, 11) is 1.87. The molecule has 28 heavy (non-hydrogen) atoms. The molecule has 0 unspecified atom stereocenters. The molecule has 5 rings (SSSR count). The van der Waals surface area contributed by atoms with E-state index in [2.05, 4.69) is 26.0 Å². The number of aryl methyl sites for hydroxylation is 1. The zero-order chi connectivity index (χ0) is 19.1. The summed E-state index contributed by atoms with van der Waals surface area (Å²) < 4.78 is 12.2. The van der Waals surface area contributed by atoms with Crippen LogP contribution in [0.4, 0.5) is 10.5 Å². The summed E-state index contributed by atoms with van der Waals surface area (Å²) in [6.45, 7) is 3.82. The topological polar surface area (TPSA) is 85.6 Å². The number of rotatable bonds is 3. The summed E-state index contributed by atoms with van der Waals surface area (Å²) in [6, 6.07) is 2.05. The lowest BCUT2D eigenvalue weighted by Crippen LogP contribution is -2.51. The van der Waals surface area contributed by atoms with Crippen molar-refractivity contribution in [3.63, 3.8) is 0 Å². The van der Waals surface area contributed by atoms with Gasteiger partial charge in [0, 0.05) is 62.7 Å². The number of amides is 1. The zero-order valence-electron chi connectivity index (χ0n) is 15.7. The SMILES string of the molecule is Cn1cnc(C2=Cc3c(N4CCN(C(=O)OC5COC5)CC4)ccnc3C2)n1. The van der Waals surface area contributed by atoms with E-state index in [-0.39, 0.29) is 12.2 Å². The van der Waals surface area contributed by atoms with Gasteiger partial charge in [0.2, 0.25) is 0 Å². The molecule has 9 heteroatoms. The smallest absolute Gasteiger partial charge is 0.410 e. The summed E-state index contributed by atoms with van der Waals surface area (Å²) in [5.74, 6) is 0.749. The predicted octanol–water partition coefficient (Wildman–Crippen LogP) is 0.964. The van der Waals surface area contributed by atoms with Gasteiger partial charge in [0.25, 0.3) is 0 Å². The Morgan fingerprint density at radius 1 is 1.21 bits per heavy atom. The molecular weight excluding hydrogens is 360 g/mol. The molecule has 0 bridgehead atoms. The number of allylic oxidation sites excluding steroid dienone is 1. The van der Waals surface area contributed by atoms with Crippen molar-refractivity contribution in [2.45, 2.75) is 12.5 Å². The molecular formula is C19H22N6O3. The summed E-state index contributed by atoms with van der Waals surface area (Å²) in [5.41, 5.74) is 4.41. The molecule has 1 amide bonds. The van der Waals surface area contributed by atoms with Crippen LogP contribution in [0.25, 0.3) is 11.6 Å². The van der Waals surface area contributed by atoms with E-state index in [1.807, 2.05) is 19.3 Å². The highest BCUT2D eigenvalue weighted by molar-refractivity contribution is 5.90. The highest BCUT2D eigenvalue weighted by atomic mass is 16.6. The molecule has 3 aliphatic rings. The molecule has 0 saturated carbocycles. The van der Waals surface area contributed by atoms with Crippen molar-refractivity contribution in [2.75, 3.05) is 44.3 Å². The van der Waals surface area contributed by atoms with Crippen molar-refractivity contribution in [2.24, 2.45) is 7.05 Å². The average Bonchev–Trinajstić information content (AvgIpc) is 3.30. The van der Waals surface area contributed by atoms with E-state index in [4.69, 9.17) is 9.47 Å². The van der Waals surface area contributed by atoms with Gasteiger partial charge in [-0.05, 0) is 12.1 Å². The minimum atomic E-state index is -0.240. The van der Waals surface area contributed by atoms with Gasteiger partial charge in [0.15, 0.2) is 11.9 Å². The van der Waals surface area contributed by atoms with E-state index in [9.17, 15) is 4.79 Å². The normalized spacial score (nSPS) is 19.2. The van der Waals surface area contributed by atoms with E-state index in [1.165, 1.54) is 0 Å². The number of ether oxygens (including phenoxy) is 2. The Labute approximate surface area is 162 Å². The third kappa shape index (κ3) is 3.11. The minimum Gasteiger partial charge on any atom is -0.441 e. The monoisotopic (exact) mass is 382 g/mol. The summed E-state index contributed by atoms with van der Waals surface area (Å²) >= 11 is 0. The maximum Gasteiger partial charge on any atom is 0.410 e. The van der Waals surface area contributed by atoms with Crippen molar-refractivity contribution < 1.29 is 14.3 Å². The van der Waals surface area contributed by atoms with Crippen LogP contribution in [0.1, 0.15) is 17.1 Å². The van der Waals surface area contributed by atoms with E-state index in [0.29, 0.717) is 26.3 Å². The number of carbonyl (C=O) groups is 1. The van der Waals surface area contributed by atoms with Crippen LogP contribution in [0.15, 0.2) is 18.6 Å². The lowest BCUT2D eigenvalue weighted by Gasteiger charge is -2.37.